The zero-order valence-electron chi connectivity index (χ0n) is 49.1. The largest absolute Gasteiger partial charge is 0.498 e. The van der Waals surface area contributed by atoms with Crippen molar-refractivity contribution < 1.29 is 23.9 Å². The number of anilines is 1. The predicted molar refractivity (Wildman–Crippen MR) is 353 cm³/mol. The Kier molecular flexibility index (Phi) is 16.5. The molecule has 11 aromatic rings. The van der Waals surface area contributed by atoms with Crippen LogP contribution in [0.5, 0.6) is 11.5 Å². The molecule has 8 aromatic carbocycles. The first-order valence-electron chi connectivity index (χ1n) is 29.2. The summed E-state index contributed by atoms with van der Waals surface area (Å²) in [7, 11) is -0.497. The Labute approximate surface area is 521 Å². The van der Waals surface area contributed by atoms with Crippen LogP contribution in [0, 0.1) is 0 Å². The van der Waals surface area contributed by atoms with Gasteiger partial charge in [0.1, 0.15) is 33.9 Å². The molecular weight excluding hydrogens is 1190 g/mol. The summed E-state index contributed by atoms with van der Waals surface area (Å²) in [4.78, 5) is 20.5. The van der Waals surface area contributed by atoms with Crippen LogP contribution in [0.3, 0.4) is 0 Å². The highest BCUT2D eigenvalue weighted by atomic mass is 127. The third kappa shape index (κ3) is 11.7. The SMILES string of the molecule is CC(Cc1cccc(Oc2cccc(Cn3cc(B4OC(C)(C)C(C)(C)O4)cn3)c2)c1)N(C/C=C(/I)c1cc(NC(c2ccccc2)(c2ccccc2)c2ccccc2)nc2c1nnn2C(c1ccccc1)(c1ccccc1)c1ccccc1)C(=O)O. The normalized spacial score (nSPS) is 14.4. The first-order valence-corrected chi connectivity index (χ1v) is 30.3. The van der Waals surface area contributed by atoms with Crippen molar-refractivity contribution in [2.45, 2.75) is 75.9 Å². The van der Waals surface area contributed by atoms with Gasteiger partial charge in [0.2, 0.25) is 0 Å². The highest BCUT2D eigenvalue weighted by Gasteiger charge is 2.52. The van der Waals surface area contributed by atoms with Gasteiger partial charge in [0.15, 0.2) is 5.65 Å². The maximum atomic E-state index is 13.4. The summed E-state index contributed by atoms with van der Waals surface area (Å²) in [6.45, 7) is 10.7. The summed E-state index contributed by atoms with van der Waals surface area (Å²) >= 11 is 2.32. The van der Waals surface area contributed by atoms with Crippen LogP contribution < -0.4 is 15.5 Å². The number of amides is 1. The number of nitrogens with one attached hydrogen (secondary N) is 1. The van der Waals surface area contributed by atoms with Crippen LogP contribution in [0.4, 0.5) is 10.6 Å². The molecule has 2 N–H and O–H groups in total. The Morgan fingerprint density at radius 1 is 0.667 bits per heavy atom. The lowest BCUT2D eigenvalue weighted by molar-refractivity contribution is 0.00578. The van der Waals surface area contributed by atoms with E-state index in [9.17, 15) is 9.90 Å². The molecule has 12 rings (SSSR count). The Hall–Kier alpha value is -9.16. The number of benzene rings is 8. The van der Waals surface area contributed by atoms with E-state index in [4.69, 9.17) is 29.3 Å². The van der Waals surface area contributed by atoms with Crippen LogP contribution in [0.15, 0.2) is 255 Å². The van der Waals surface area contributed by atoms with Crippen LogP contribution in [0.1, 0.15) is 84.7 Å². The molecule has 0 spiro atoms. The van der Waals surface area contributed by atoms with E-state index in [1.807, 2.05) is 184 Å². The highest BCUT2D eigenvalue weighted by Crippen LogP contribution is 2.45. The van der Waals surface area contributed by atoms with Crippen LogP contribution in [0.25, 0.3) is 14.7 Å². The number of aromatic nitrogens is 6. The lowest BCUT2D eigenvalue weighted by atomic mass is 9.77. The van der Waals surface area contributed by atoms with E-state index < -0.39 is 41.5 Å². The molecule has 1 aliphatic heterocycles. The van der Waals surface area contributed by atoms with E-state index in [2.05, 4.69) is 142 Å². The zero-order chi connectivity index (χ0) is 60.2. The number of carboxylic acid groups (broad SMARTS) is 1. The fourth-order valence-electron chi connectivity index (χ4n) is 11.8. The molecule has 13 nitrogen and oxygen atoms in total. The summed E-state index contributed by atoms with van der Waals surface area (Å²) < 4.78 is 23.6. The zero-order valence-corrected chi connectivity index (χ0v) is 51.3. The molecule has 1 atom stereocenters. The van der Waals surface area contributed by atoms with Crippen molar-refractivity contribution in [3.05, 3.63) is 305 Å². The number of ether oxygens (including phenoxy) is 1. The third-order valence-corrected chi connectivity index (χ3v) is 17.8. The van der Waals surface area contributed by atoms with Gasteiger partial charge in [-0.15, -0.1) is 5.10 Å². The number of hydrogen-bond donors (Lipinski definition) is 2. The van der Waals surface area contributed by atoms with E-state index >= 15 is 0 Å². The van der Waals surface area contributed by atoms with Gasteiger partial charge in [-0.1, -0.05) is 218 Å². The summed E-state index contributed by atoms with van der Waals surface area (Å²) in [6.07, 6.45) is 5.09. The summed E-state index contributed by atoms with van der Waals surface area (Å²) in [5.41, 5.74) is 7.55. The van der Waals surface area contributed by atoms with Crippen molar-refractivity contribution in [3.63, 3.8) is 0 Å². The average Bonchev–Trinajstić information content (AvgIpc) is 1.74. The number of carbonyl (C=O) groups is 1. The Morgan fingerprint density at radius 2 is 1.14 bits per heavy atom. The van der Waals surface area contributed by atoms with Gasteiger partial charge in [-0.3, -0.25) is 4.68 Å². The third-order valence-electron chi connectivity index (χ3n) is 16.8. The predicted octanol–water partition coefficient (Wildman–Crippen LogP) is 14.8. The van der Waals surface area contributed by atoms with E-state index in [0.717, 1.165) is 59.1 Å². The Balaban J connectivity index is 0.885. The molecule has 1 unspecified atom stereocenters. The van der Waals surface area contributed by atoms with Crippen molar-refractivity contribution in [2.24, 2.45) is 0 Å². The molecule has 1 aliphatic rings. The molecule has 15 heteroatoms. The molecule has 434 valence electrons. The maximum Gasteiger partial charge on any atom is 0.498 e. The van der Waals surface area contributed by atoms with Gasteiger partial charge < -0.3 is 29.4 Å². The van der Waals surface area contributed by atoms with Crippen molar-refractivity contribution >= 4 is 61.8 Å². The second-order valence-electron chi connectivity index (χ2n) is 23.0. The van der Waals surface area contributed by atoms with Gasteiger partial charge in [0.25, 0.3) is 0 Å². The molecule has 3 aromatic heterocycles. The first-order chi connectivity index (χ1) is 42.2. The Bertz CT molecular complexity index is 3980. The molecule has 4 heterocycles. The topological polar surface area (TPSA) is 142 Å². The van der Waals surface area contributed by atoms with E-state index in [1.54, 1.807) is 6.20 Å². The molecule has 0 radical (unpaired) electrons. The van der Waals surface area contributed by atoms with Gasteiger partial charge in [-0.25, -0.2) is 14.5 Å². The number of pyridine rings is 1. The minimum absolute atomic E-state index is 0.0802. The fourth-order valence-corrected chi connectivity index (χ4v) is 12.4. The van der Waals surface area contributed by atoms with Crippen LogP contribution in [-0.4, -0.2) is 76.8 Å². The van der Waals surface area contributed by atoms with Crippen molar-refractivity contribution in [1.82, 2.24) is 34.7 Å². The van der Waals surface area contributed by atoms with E-state index in [-0.39, 0.29) is 6.54 Å². The van der Waals surface area contributed by atoms with Gasteiger partial charge in [-0.2, -0.15) is 5.10 Å². The maximum absolute atomic E-state index is 13.4. The Morgan fingerprint density at radius 3 is 1.63 bits per heavy atom. The number of nitrogens with zero attached hydrogens (tertiary/aromatic N) is 7. The summed E-state index contributed by atoms with van der Waals surface area (Å²) in [5.74, 6) is 1.86. The molecule has 1 fully saturated rings. The number of fused-ring (bicyclic) bond motifs is 1. The highest BCUT2D eigenvalue weighted by molar-refractivity contribution is 14.1. The van der Waals surface area contributed by atoms with Gasteiger partial charge >= 0.3 is 13.2 Å². The summed E-state index contributed by atoms with van der Waals surface area (Å²) in [5, 5.41) is 29.8. The second-order valence-corrected chi connectivity index (χ2v) is 24.2. The molecule has 1 saturated heterocycles. The smallest absolute Gasteiger partial charge is 0.465 e. The first kappa shape index (κ1) is 58.2. The number of halogens is 1. The monoisotopic (exact) mass is 1260 g/mol. The van der Waals surface area contributed by atoms with Crippen LogP contribution >= 0.6 is 22.6 Å². The molecule has 0 aliphatic carbocycles. The van der Waals surface area contributed by atoms with Crippen LogP contribution in [0.2, 0.25) is 0 Å². The standard InChI is InChI=1S/C72H66BIN8O5/c1-51(44-52-26-24-40-61(45-52)85-62-41-25-27-53(46-62)49-80-50-60(48-75-80)73-86-69(2,3)70(4,5)87-73)81(68(83)84)43-42-64(74)63-47-65(77-71(54-28-12-6-13-29-54,55-30-14-7-15-31-55)56-32-16-8-17-33-56)76-67-66(63)78-79-82(67)72(57-34-18-9-19-35-57,58-36-20-10-21-37-58)59-38-22-11-23-39-59/h6-42,45-48,50-51H,43-44,49H2,1-5H3,(H,76,77)(H,83,84)/b64-42+. The molecule has 1 amide bonds. The van der Waals surface area contributed by atoms with Crippen LogP contribution in [-0.2, 0) is 33.4 Å². The van der Waals surface area contributed by atoms with Gasteiger partial charge in [0, 0.05) is 39.6 Å². The molecule has 87 heavy (non-hydrogen) atoms. The molecular formula is C72H66BIN8O5. The van der Waals surface area contributed by atoms with E-state index in [0.29, 0.717) is 41.4 Å². The number of hydrogen-bond acceptors (Lipinski definition) is 9. The molecule has 0 bridgehead atoms. The lowest BCUT2D eigenvalue weighted by Gasteiger charge is -2.38. The minimum atomic E-state index is -1.06. The molecule has 0 saturated carbocycles. The van der Waals surface area contributed by atoms with Crippen molar-refractivity contribution in [1.29, 1.82) is 0 Å². The van der Waals surface area contributed by atoms with Gasteiger partial charge in [0.05, 0.1) is 17.7 Å². The van der Waals surface area contributed by atoms with Crippen molar-refractivity contribution in [3.8, 4) is 11.5 Å². The quantitative estimate of drug-likeness (QED) is 0.0430. The summed E-state index contributed by atoms with van der Waals surface area (Å²) in [6, 6.07) is 79.7. The second kappa shape index (κ2) is 24.7. The minimum Gasteiger partial charge on any atom is -0.465 e. The van der Waals surface area contributed by atoms with Crippen molar-refractivity contribution in [2.75, 3.05) is 11.9 Å². The van der Waals surface area contributed by atoms with E-state index in [1.165, 1.54) is 4.90 Å². The fraction of sp³-hybridized carbons (Fsp3) is 0.181. The average molecular weight is 1260 g/mol. The van der Waals surface area contributed by atoms with Gasteiger partial charge in [-0.05, 0) is 138 Å². The number of rotatable bonds is 20. The lowest BCUT2D eigenvalue weighted by Crippen LogP contribution is -2.41.